The molecule has 8 nitrogen and oxygen atoms in total. The van der Waals surface area contributed by atoms with E-state index in [1.165, 1.54) is 30.3 Å². The fourth-order valence-corrected chi connectivity index (χ4v) is 5.97. The molecular weight excluding hydrogens is 392 g/mol. The molecule has 3 rings (SSSR count). The van der Waals surface area contributed by atoms with E-state index in [0.29, 0.717) is 13.1 Å². The van der Waals surface area contributed by atoms with Gasteiger partial charge >= 0.3 is 5.97 Å². The topological polar surface area (TPSA) is 135 Å². The maximum absolute atomic E-state index is 13.3. The highest BCUT2D eigenvalue weighted by Crippen LogP contribution is 2.37. The van der Waals surface area contributed by atoms with Gasteiger partial charge in [-0.1, -0.05) is 18.2 Å². The molecule has 0 saturated carbocycles. The number of hydrogen-bond donors (Lipinski definition) is 2. The number of sulfonamides is 1. The van der Waals surface area contributed by atoms with Crippen LogP contribution in [0.3, 0.4) is 0 Å². The summed E-state index contributed by atoms with van der Waals surface area (Å²) in [6.45, 7) is 0.981. The fraction of sp³-hybridized carbons (Fsp3) is 0.235. The third-order valence-electron chi connectivity index (χ3n) is 4.36. The summed E-state index contributed by atoms with van der Waals surface area (Å²) in [6, 6.07) is 9.36. The Morgan fingerprint density at radius 2 is 1.59 bits per heavy atom. The van der Waals surface area contributed by atoms with Crippen molar-refractivity contribution in [2.45, 2.75) is 27.5 Å². The predicted octanol–water partition coefficient (Wildman–Crippen LogP) is 1.47. The zero-order valence-corrected chi connectivity index (χ0v) is 15.8. The predicted molar refractivity (Wildman–Crippen MR) is 98.1 cm³/mol. The SMILES string of the molecule is NS(=O)(=O)c1cc(C(=O)O)cc(N2CCCC2)c1S(=O)(=O)c1ccccc1. The number of benzene rings is 2. The van der Waals surface area contributed by atoms with E-state index in [2.05, 4.69) is 0 Å². The molecule has 1 aliphatic heterocycles. The highest BCUT2D eigenvalue weighted by atomic mass is 32.2. The Bertz CT molecular complexity index is 1090. The van der Waals surface area contributed by atoms with Crippen LogP contribution in [0.25, 0.3) is 0 Å². The van der Waals surface area contributed by atoms with Gasteiger partial charge < -0.3 is 10.0 Å². The molecule has 0 radical (unpaired) electrons. The average molecular weight is 410 g/mol. The summed E-state index contributed by atoms with van der Waals surface area (Å²) in [5, 5.41) is 14.6. The largest absolute Gasteiger partial charge is 0.478 e. The minimum atomic E-state index is -4.50. The summed E-state index contributed by atoms with van der Waals surface area (Å²) in [7, 11) is -8.76. The molecule has 0 unspecified atom stereocenters. The number of carbonyl (C=O) groups is 1. The number of nitrogens with two attached hydrogens (primary N) is 1. The van der Waals surface area contributed by atoms with E-state index in [1.807, 2.05) is 0 Å². The van der Waals surface area contributed by atoms with Gasteiger partial charge in [0.1, 0.15) is 9.79 Å². The van der Waals surface area contributed by atoms with Gasteiger partial charge in [-0.3, -0.25) is 0 Å². The molecule has 0 bridgehead atoms. The molecule has 27 heavy (non-hydrogen) atoms. The first-order valence-electron chi connectivity index (χ1n) is 8.11. The molecule has 10 heteroatoms. The van der Waals surface area contributed by atoms with E-state index in [-0.39, 0.29) is 16.1 Å². The van der Waals surface area contributed by atoms with Crippen LogP contribution in [-0.2, 0) is 19.9 Å². The van der Waals surface area contributed by atoms with Crippen molar-refractivity contribution in [1.82, 2.24) is 0 Å². The number of anilines is 1. The summed E-state index contributed by atoms with van der Waals surface area (Å²) >= 11 is 0. The van der Waals surface area contributed by atoms with E-state index >= 15 is 0 Å². The number of hydrogen-bond acceptors (Lipinski definition) is 6. The highest BCUT2D eigenvalue weighted by molar-refractivity contribution is 7.93. The lowest BCUT2D eigenvalue weighted by Gasteiger charge is -2.23. The number of rotatable bonds is 5. The fourth-order valence-electron chi connectivity index (χ4n) is 3.10. The number of carboxylic acids is 1. The van der Waals surface area contributed by atoms with Crippen molar-refractivity contribution in [3.05, 3.63) is 48.0 Å². The molecule has 0 aromatic heterocycles. The van der Waals surface area contributed by atoms with Crippen LogP contribution >= 0.6 is 0 Å². The van der Waals surface area contributed by atoms with Crippen LogP contribution in [-0.4, -0.2) is 41.0 Å². The molecule has 0 atom stereocenters. The zero-order valence-electron chi connectivity index (χ0n) is 14.2. The Balaban J connectivity index is 2.41. The summed E-state index contributed by atoms with van der Waals surface area (Å²) in [5.41, 5.74) is -0.298. The lowest BCUT2D eigenvalue weighted by atomic mass is 10.2. The van der Waals surface area contributed by atoms with Crippen LogP contribution in [0.4, 0.5) is 5.69 Å². The minimum absolute atomic E-state index is 0.0419. The Hall–Kier alpha value is -2.43. The summed E-state index contributed by atoms with van der Waals surface area (Å²) < 4.78 is 50.9. The van der Waals surface area contributed by atoms with Gasteiger partial charge in [0, 0.05) is 13.1 Å². The minimum Gasteiger partial charge on any atom is -0.478 e. The second-order valence-corrected chi connectivity index (χ2v) is 9.60. The lowest BCUT2D eigenvalue weighted by Crippen LogP contribution is -2.25. The Morgan fingerprint density at radius 3 is 2.11 bits per heavy atom. The Morgan fingerprint density at radius 1 is 1.00 bits per heavy atom. The average Bonchev–Trinajstić information content (AvgIpc) is 3.15. The molecule has 144 valence electrons. The molecule has 1 saturated heterocycles. The van der Waals surface area contributed by atoms with Crippen molar-refractivity contribution in [3.63, 3.8) is 0 Å². The molecule has 1 heterocycles. The first kappa shape index (κ1) is 19.3. The molecule has 0 spiro atoms. The van der Waals surface area contributed by atoms with Crippen molar-refractivity contribution in [2.75, 3.05) is 18.0 Å². The quantitative estimate of drug-likeness (QED) is 0.762. The summed E-state index contributed by atoms with van der Waals surface area (Å²) in [5.74, 6) is -1.37. The number of carboxylic acid groups (broad SMARTS) is 1. The maximum atomic E-state index is 13.3. The number of primary sulfonamides is 1. The van der Waals surface area contributed by atoms with Crippen LogP contribution in [0.2, 0.25) is 0 Å². The van der Waals surface area contributed by atoms with Gasteiger partial charge in [0.15, 0.2) is 0 Å². The van der Waals surface area contributed by atoms with Gasteiger partial charge in [-0.15, -0.1) is 0 Å². The zero-order chi connectivity index (χ0) is 19.8. The van der Waals surface area contributed by atoms with Crippen LogP contribution in [0.1, 0.15) is 23.2 Å². The monoisotopic (exact) mass is 410 g/mol. The van der Waals surface area contributed by atoms with E-state index in [9.17, 15) is 26.7 Å². The van der Waals surface area contributed by atoms with Crippen LogP contribution in [0, 0.1) is 0 Å². The molecule has 2 aromatic carbocycles. The molecule has 3 N–H and O–H groups in total. The number of sulfone groups is 1. The van der Waals surface area contributed by atoms with Gasteiger partial charge in [0.05, 0.1) is 16.1 Å². The lowest BCUT2D eigenvalue weighted by molar-refractivity contribution is 0.0696. The van der Waals surface area contributed by atoms with Crippen molar-refractivity contribution in [1.29, 1.82) is 0 Å². The summed E-state index contributed by atoms with van der Waals surface area (Å²) in [6.07, 6.45) is 1.57. The summed E-state index contributed by atoms with van der Waals surface area (Å²) in [4.78, 5) is 11.9. The van der Waals surface area contributed by atoms with E-state index in [0.717, 1.165) is 18.9 Å². The van der Waals surface area contributed by atoms with Crippen molar-refractivity contribution in [2.24, 2.45) is 5.14 Å². The normalized spacial score (nSPS) is 15.1. The van der Waals surface area contributed by atoms with Gasteiger partial charge in [0.25, 0.3) is 0 Å². The third kappa shape index (κ3) is 3.68. The third-order valence-corrected chi connectivity index (χ3v) is 7.28. The molecule has 2 aromatic rings. The van der Waals surface area contributed by atoms with Crippen LogP contribution in [0.5, 0.6) is 0 Å². The van der Waals surface area contributed by atoms with Crippen molar-refractivity contribution < 1.29 is 26.7 Å². The van der Waals surface area contributed by atoms with Gasteiger partial charge in [-0.25, -0.2) is 26.8 Å². The van der Waals surface area contributed by atoms with E-state index in [1.54, 1.807) is 11.0 Å². The standard InChI is InChI=1S/C17H18N2O6S2/c18-27(24,25)15-11-12(17(20)21)10-14(19-8-4-5-9-19)16(15)26(22,23)13-6-2-1-3-7-13/h1-3,6-7,10-11H,4-5,8-9H2,(H,20,21)(H2,18,24,25). The highest BCUT2D eigenvalue weighted by Gasteiger charge is 2.33. The van der Waals surface area contributed by atoms with E-state index < -0.39 is 35.6 Å². The molecule has 1 fully saturated rings. The maximum Gasteiger partial charge on any atom is 0.335 e. The van der Waals surface area contributed by atoms with Crippen molar-refractivity contribution >= 4 is 31.5 Å². The van der Waals surface area contributed by atoms with Crippen LogP contribution < -0.4 is 10.0 Å². The Labute approximate surface area is 157 Å². The molecule has 0 aliphatic carbocycles. The number of aromatic carboxylic acids is 1. The second-order valence-electron chi connectivity index (χ2n) is 6.18. The second kappa shape index (κ2) is 6.95. The first-order chi connectivity index (χ1) is 12.6. The van der Waals surface area contributed by atoms with E-state index in [4.69, 9.17) is 5.14 Å². The van der Waals surface area contributed by atoms with Crippen molar-refractivity contribution in [3.8, 4) is 0 Å². The van der Waals surface area contributed by atoms with Crippen LogP contribution in [0.15, 0.2) is 57.2 Å². The van der Waals surface area contributed by atoms with Gasteiger partial charge in [0.2, 0.25) is 19.9 Å². The number of nitrogens with zero attached hydrogens (tertiary/aromatic N) is 1. The first-order valence-corrected chi connectivity index (χ1v) is 11.1. The van der Waals surface area contributed by atoms with Gasteiger partial charge in [-0.05, 0) is 37.1 Å². The molecule has 0 amide bonds. The molecular formula is C17H18N2O6S2. The van der Waals surface area contributed by atoms with Gasteiger partial charge in [-0.2, -0.15) is 0 Å². The smallest absolute Gasteiger partial charge is 0.335 e. The molecule has 1 aliphatic rings. The Kier molecular flexibility index (Phi) is 4.98.